The molecule has 2 heterocycles. The Labute approximate surface area is 151 Å². The molecule has 0 saturated carbocycles. The third-order valence-corrected chi connectivity index (χ3v) is 4.91. The van der Waals surface area contributed by atoms with Gasteiger partial charge in [0.1, 0.15) is 0 Å². The zero-order chi connectivity index (χ0) is 17.6. The Bertz CT molecular complexity index is 576. The van der Waals surface area contributed by atoms with Crippen LogP contribution < -0.4 is 10.2 Å². The highest BCUT2D eigenvalue weighted by atomic mass is 16.5. The third kappa shape index (κ3) is 5.19. The highest BCUT2D eigenvalue weighted by Crippen LogP contribution is 2.26. The van der Waals surface area contributed by atoms with Crippen LogP contribution >= 0.6 is 0 Å². The lowest BCUT2D eigenvalue weighted by Crippen LogP contribution is -2.49. The summed E-state index contributed by atoms with van der Waals surface area (Å²) in [5.41, 5.74) is 2.56. The quantitative estimate of drug-likeness (QED) is 0.855. The van der Waals surface area contributed by atoms with E-state index in [2.05, 4.69) is 47.2 Å². The molecule has 1 saturated heterocycles. The number of amides is 1. The van der Waals surface area contributed by atoms with Crippen LogP contribution in [0.2, 0.25) is 0 Å². The summed E-state index contributed by atoms with van der Waals surface area (Å²) >= 11 is 0. The van der Waals surface area contributed by atoms with Crippen molar-refractivity contribution in [2.45, 2.75) is 32.8 Å². The number of hydrogen-bond acceptors (Lipinski definition) is 4. The standard InChI is InChI=1S/C20H31N3O2/c1-16(2)13-22-10-11-25-18(14-22)12-21-20(24)15-23-9-5-7-17-6-3-4-8-19(17)23/h3-4,6,8,16,18H,5,7,9-15H2,1-2H3,(H,21,24)/t18-/m0/s1. The number of benzene rings is 1. The van der Waals surface area contributed by atoms with Crippen LogP contribution in [0.4, 0.5) is 5.69 Å². The molecule has 3 rings (SSSR count). The van der Waals surface area contributed by atoms with Crippen LogP contribution in [-0.4, -0.2) is 62.8 Å². The molecule has 2 aliphatic rings. The number of rotatable bonds is 6. The minimum Gasteiger partial charge on any atom is -0.374 e. The van der Waals surface area contributed by atoms with E-state index in [-0.39, 0.29) is 12.0 Å². The number of nitrogens with zero attached hydrogens (tertiary/aromatic N) is 2. The van der Waals surface area contributed by atoms with E-state index >= 15 is 0 Å². The molecule has 1 fully saturated rings. The topological polar surface area (TPSA) is 44.8 Å². The first-order valence-electron chi connectivity index (χ1n) is 9.55. The van der Waals surface area contributed by atoms with E-state index in [1.54, 1.807) is 0 Å². The number of anilines is 1. The highest BCUT2D eigenvalue weighted by molar-refractivity contribution is 5.81. The molecule has 0 unspecified atom stereocenters. The van der Waals surface area contributed by atoms with Crippen molar-refractivity contribution in [3.63, 3.8) is 0 Å². The average Bonchev–Trinajstić information content (AvgIpc) is 2.60. The Morgan fingerprint density at radius 1 is 1.32 bits per heavy atom. The number of aryl methyl sites for hydroxylation is 1. The fraction of sp³-hybridized carbons (Fsp3) is 0.650. The van der Waals surface area contributed by atoms with Gasteiger partial charge in [-0.2, -0.15) is 0 Å². The fourth-order valence-electron chi connectivity index (χ4n) is 3.82. The van der Waals surface area contributed by atoms with E-state index in [4.69, 9.17) is 4.74 Å². The van der Waals surface area contributed by atoms with Gasteiger partial charge in [-0.05, 0) is 30.4 Å². The number of hydrogen-bond donors (Lipinski definition) is 1. The van der Waals surface area contributed by atoms with E-state index < -0.39 is 0 Å². The predicted molar refractivity (Wildman–Crippen MR) is 101 cm³/mol. The van der Waals surface area contributed by atoms with E-state index in [0.29, 0.717) is 19.0 Å². The number of morpholine rings is 1. The van der Waals surface area contributed by atoms with Crippen LogP contribution in [0.5, 0.6) is 0 Å². The van der Waals surface area contributed by atoms with Crippen molar-refractivity contribution in [1.82, 2.24) is 10.2 Å². The van der Waals surface area contributed by atoms with E-state index in [9.17, 15) is 4.79 Å². The molecule has 2 aliphatic heterocycles. The van der Waals surface area contributed by atoms with Gasteiger partial charge in [0, 0.05) is 38.4 Å². The fourth-order valence-corrected chi connectivity index (χ4v) is 3.82. The molecule has 0 radical (unpaired) electrons. The Morgan fingerprint density at radius 3 is 3.00 bits per heavy atom. The van der Waals surface area contributed by atoms with Crippen molar-refractivity contribution in [3.05, 3.63) is 29.8 Å². The minimum absolute atomic E-state index is 0.0845. The lowest BCUT2D eigenvalue weighted by atomic mass is 10.0. The first kappa shape index (κ1) is 18.2. The first-order valence-corrected chi connectivity index (χ1v) is 9.55. The maximum Gasteiger partial charge on any atom is 0.239 e. The second-order valence-corrected chi connectivity index (χ2v) is 7.60. The van der Waals surface area contributed by atoms with Crippen LogP contribution in [0.15, 0.2) is 24.3 Å². The molecule has 0 spiro atoms. The molecule has 1 atom stereocenters. The monoisotopic (exact) mass is 345 g/mol. The molecule has 5 heteroatoms. The van der Waals surface area contributed by atoms with Crippen molar-refractivity contribution in [2.24, 2.45) is 5.92 Å². The summed E-state index contributed by atoms with van der Waals surface area (Å²) < 4.78 is 5.82. The Morgan fingerprint density at radius 2 is 2.16 bits per heavy atom. The van der Waals surface area contributed by atoms with Gasteiger partial charge in [0.15, 0.2) is 0 Å². The van der Waals surface area contributed by atoms with Gasteiger partial charge in [0.2, 0.25) is 5.91 Å². The lowest BCUT2D eigenvalue weighted by molar-refractivity contribution is -0.121. The van der Waals surface area contributed by atoms with Crippen molar-refractivity contribution in [2.75, 3.05) is 50.8 Å². The largest absolute Gasteiger partial charge is 0.374 e. The van der Waals surface area contributed by atoms with Crippen LogP contribution in [-0.2, 0) is 16.0 Å². The number of ether oxygens (including phenoxy) is 1. The van der Waals surface area contributed by atoms with E-state index in [1.165, 1.54) is 11.3 Å². The smallest absolute Gasteiger partial charge is 0.239 e. The zero-order valence-electron chi connectivity index (χ0n) is 15.5. The van der Waals surface area contributed by atoms with Crippen molar-refractivity contribution in [1.29, 1.82) is 0 Å². The van der Waals surface area contributed by atoms with E-state index in [0.717, 1.165) is 45.6 Å². The summed E-state index contributed by atoms with van der Waals surface area (Å²) in [6.45, 7) is 10.2. The molecule has 1 aromatic rings. The average molecular weight is 345 g/mol. The molecule has 0 aliphatic carbocycles. The van der Waals surface area contributed by atoms with Crippen molar-refractivity contribution < 1.29 is 9.53 Å². The zero-order valence-corrected chi connectivity index (χ0v) is 15.5. The van der Waals surface area contributed by atoms with Gasteiger partial charge >= 0.3 is 0 Å². The first-order chi connectivity index (χ1) is 12.1. The summed E-state index contributed by atoms with van der Waals surface area (Å²) in [5, 5.41) is 3.07. The summed E-state index contributed by atoms with van der Waals surface area (Å²) in [7, 11) is 0. The molecule has 0 aromatic heterocycles. The summed E-state index contributed by atoms with van der Waals surface area (Å²) in [5.74, 6) is 0.744. The van der Waals surface area contributed by atoms with Gasteiger partial charge in [0.05, 0.1) is 19.3 Å². The van der Waals surface area contributed by atoms with Gasteiger partial charge < -0.3 is 15.0 Å². The van der Waals surface area contributed by atoms with Gasteiger partial charge in [-0.3, -0.25) is 9.69 Å². The van der Waals surface area contributed by atoms with Crippen molar-refractivity contribution >= 4 is 11.6 Å². The number of carbonyl (C=O) groups excluding carboxylic acids is 1. The summed E-state index contributed by atoms with van der Waals surface area (Å²) in [6, 6.07) is 8.41. The summed E-state index contributed by atoms with van der Waals surface area (Å²) in [6.07, 6.45) is 2.32. The second-order valence-electron chi connectivity index (χ2n) is 7.60. The number of nitrogens with one attached hydrogen (secondary N) is 1. The minimum atomic E-state index is 0.0845. The van der Waals surface area contributed by atoms with Crippen LogP contribution in [0.3, 0.4) is 0 Å². The van der Waals surface area contributed by atoms with Crippen LogP contribution in [0, 0.1) is 5.92 Å². The lowest BCUT2D eigenvalue weighted by Gasteiger charge is -2.34. The van der Waals surface area contributed by atoms with Gasteiger partial charge in [0.25, 0.3) is 0 Å². The van der Waals surface area contributed by atoms with Gasteiger partial charge in [-0.15, -0.1) is 0 Å². The number of carbonyl (C=O) groups is 1. The molecule has 1 amide bonds. The van der Waals surface area contributed by atoms with Crippen LogP contribution in [0.25, 0.3) is 0 Å². The second kappa shape index (κ2) is 8.68. The maximum atomic E-state index is 12.4. The molecule has 25 heavy (non-hydrogen) atoms. The molecule has 1 aromatic carbocycles. The third-order valence-electron chi connectivity index (χ3n) is 4.91. The molecule has 5 nitrogen and oxygen atoms in total. The maximum absolute atomic E-state index is 12.4. The number of para-hydroxylation sites is 1. The molecule has 138 valence electrons. The van der Waals surface area contributed by atoms with Crippen molar-refractivity contribution in [3.8, 4) is 0 Å². The SMILES string of the molecule is CC(C)CN1CCO[C@@H](CNC(=O)CN2CCCc3ccccc32)C1. The van der Waals surface area contributed by atoms with E-state index in [1.807, 2.05) is 6.07 Å². The Kier molecular flexibility index (Phi) is 6.32. The van der Waals surface area contributed by atoms with Crippen LogP contribution in [0.1, 0.15) is 25.8 Å². The van der Waals surface area contributed by atoms with Gasteiger partial charge in [-0.1, -0.05) is 32.0 Å². The highest BCUT2D eigenvalue weighted by Gasteiger charge is 2.23. The molecule has 1 N–H and O–H groups in total. The molecule has 0 bridgehead atoms. The summed E-state index contributed by atoms with van der Waals surface area (Å²) in [4.78, 5) is 17.0. The predicted octanol–water partition coefficient (Wildman–Crippen LogP) is 1.91. The molecular formula is C20H31N3O2. The Balaban J connectivity index is 1.46. The molecular weight excluding hydrogens is 314 g/mol. The normalized spacial score (nSPS) is 21.2. The Hall–Kier alpha value is -1.59. The van der Waals surface area contributed by atoms with Gasteiger partial charge in [-0.25, -0.2) is 0 Å². The number of fused-ring (bicyclic) bond motifs is 1.